The normalized spacial score (nSPS) is 11.4. The monoisotopic (exact) mass is 314 g/mol. The topological polar surface area (TPSA) is 95.9 Å². The lowest BCUT2D eigenvalue weighted by atomic mass is 10.3. The van der Waals surface area contributed by atoms with Crippen LogP contribution >= 0.6 is 11.6 Å². The molecule has 2 N–H and O–H groups in total. The Kier molecular flexibility index (Phi) is 5.98. The van der Waals surface area contributed by atoms with E-state index in [1.807, 2.05) is 0 Å². The molecule has 0 aliphatic carbocycles. The number of carbonyl (C=O) groups is 3. The van der Waals surface area contributed by atoms with E-state index in [-0.39, 0.29) is 0 Å². The minimum atomic E-state index is -1.20. The van der Waals surface area contributed by atoms with Gasteiger partial charge in [-0.25, -0.2) is 9.59 Å². The summed E-state index contributed by atoms with van der Waals surface area (Å²) in [4.78, 5) is 35.3. The van der Waals surface area contributed by atoms with Crippen molar-refractivity contribution in [1.82, 2.24) is 5.32 Å². The highest BCUT2D eigenvalue weighted by molar-refractivity contribution is 6.30. The lowest BCUT2D eigenvalue weighted by molar-refractivity contribution is -0.142. The predicted octanol–water partition coefficient (Wildman–Crippen LogP) is 1.50. The van der Waals surface area contributed by atoms with Gasteiger partial charge >= 0.3 is 18.0 Å². The number of methoxy groups -OCH3 is 1. The number of carboxylic acids is 1. The summed E-state index contributed by atoms with van der Waals surface area (Å²) in [6, 6.07) is 4.53. The summed E-state index contributed by atoms with van der Waals surface area (Å²) in [5, 5.41) is 11.6. The van der Waals surface area contributed by atoms with Gasteiger partial charge in [-0.2, -0.15) is 0 Å². The van der Waals surface area contributed by atoms with Gasteiger partial charge in [0.25, 0.3) is 0 Å². The summed E-state index contributed by atoms with van der Waals surface area (Å²) in [5.74, 6) is -1.83. The van der Waals surface area contributed by atoms with Crippen molar-refractivity contribution in [1.29, 1.82) is 0 Å². The van der Waals surface area contributed by atoms with Crippen LogP contribution in [0.15, 0.2) is 24.3 Å². The zero-order chi connectivity index (χ0) is 16.0. The zero-order valence-electron chi connectivity index (χ0n) is 11.5. The van der Waals surface area contributed by atoms with Gasteiger partial charge in [-0.3, -0.25) is 9.69 Å². The highest BCUT2D eigenvalue weighted by Gasteiger charge is 2.23. The molecule has 1 atom stereocenters. The molecule has 0 saturated heterocycles. The van der Waals surface area contributed by atoms with Crippen molar-refractivity contribution in [3.05, 3.63) is 29.3 Å². The van der Waals surface area contributed by atoms with Crippen LogP contribution in [-0.4, -0.2) is 42.8 Å². The van der Waals surface area contributed by atoms with E-state index in [1.165, 1.54) is 26.2 Å². The molecule has 8 heteroatoms. The maximum atomic E-state index is 12.1. The number of carbonyl (C=O) groups excluding carboxylic acids is 2. The minimum absolute atomic E-state index is 0.305. The summed E-state index contributed by atoms with van der Waals surface area (Å²) < 4.78 is 4.49. The van der Waals surface area contributed by atoms with E-state index in [0.29, 0.717) is 10.7 Å². The molecule has 21 heavy (non-hydrogen) atoms. The first-order chi connectivity index (χ1) is 9.85. The third-order valence-electron chi connectivity index (χ3n) is 2.55. The van der Waals surface area contributed by atoms with Gasteiger partial charge in [-0.15, -0.1) is 0 Å². The number of carboxylic acid groups (broad SMARTS) is 1. The standard InChI is InChI=1S/C13H15ClN2O5/c1-8(12(19)21-2)15-13(20)16(7-11(17)18)10-5-3-4-9(14)6-10/h3-6,8H,7H2,1-2H3,(H,15,20)(H,17,18). The van der Waals surface area contributed by atoms with E-state index < -0.39 is 30.6 Å². The SMILES string of the molecule is COC(=O)C(C)NC(=O)N(CC(=O)O)c1cccc(Cl)c1. The number of nitrogens with zero attached hydrogens (tertiary/aromatic N) is 1. The number of hydrogen-bond donors (Lipinski definition) is 2. The first-order valence-corrected chi connectivity index (χ1v) is 6.36. The Hall–Kier alpha value is -2.28. The number of anilines is 1. The van der Waals surface area contributed by atoms with Gasteiger partial charge in [0, 0.05) is 10.7 Å². The number of halogens is 1. The molecule has 1 aromatic rings. The number of urea groups is 1. The molecule has 0 saturated carbocycles. The zero-order valence-corrected chi connectivity index (χ0v) is 12.3. The van der Waals surface area contributed by atoms with Gasteiger partial charge in [-0.1, -0.05) is 17.7 Å². The van der Waals surface area contributed by atoms with E-state index in [0.717, 1.165) is 4.90 Å². The molecule has 0 aromatic heterocycles. The molecule has 7 nitrogen and oxygen atoms in total. The molecule has 0 radical (unpaired) electrons. The fraction of sp³-hybridized carbons (Fsp3) is 0.308. The number of aliphatic carboxylic acids is 1. The van der Waals surface area contributed by atoms with Crippen LogP contribution < -0.4 is 10.2 Å². The number of rotatable bonds is 5. The number of ether oxygens (including phenoxy) is 1. The second kappa shape index (κ2) is 7.49. The number of esters is 1. The van der Waals surface area contributed by atoms with Gasteiger partial charge in [0.1, 0.15) is 12.6 Å². The molecule has 1 aromatic carbocycles. The van der Waals surface area contributed by atoms with Crippen LogP contribution in [0, 0.1) is 0 Å². The van der Waals surface area contributed by atoms with Crippen molar-refractivity contribution in [2.45, 2.75) is 13.0 Å². The number of hydrogen-bond acceptors (Lipinski definition) is 4. The quantitative estimate of drug-likeness (QED) is 0.803. The molecule has 0 fully saturated rings. The van der Waals surface area contributed by atoms with Crippen LogP contribution in [0.2, 0.25) is 5.02 Å². The van der Waals surface area contributed by atoms with Crippen LogP contribution in [0.25, 0.3) is 0 Å². The summed E-state index contributed by atoms with van der Waals surface area (Å²) >= 11 is 5.83. The Labute approximate surface area is 126 Å². The third-order valence-corrected chi connectivity index (χ3v) is 2.79. The van der Waals surface area contributed by atoms with Crippen LogP contribution in [0.4, 0.5) is 10.5 Å². The summed E-state index contributed by atoms with van der Waals surface area (Å²) in [7, 11) is 1.19. The second-order valence-corrected chi connectivity index (χ2v) is 4.59. The first kappa shape index (κ1) is 16.8. The number of amides is 2. The molecule has 0 aliphatic heterocycles. The lowest BCUT2D eigenvalue weighted by Crippen LogP contribution is -2.48. The predicted molar refractivity (Wildman–Crippen MR) is 76.4 cm³/mol. The third kappa shape index (κ3) is 4.96. The highest BCUT2D eigenvalue weighted by atomic mass is 35.5. The average Bonchev–Trinajstić information content (AvgIpc) is 2.43. The molecule has 1 unspecified atom stereocenters. The molecular weight excluding hydrogens is 300 g/mol. The molecule has 0 bridgehead atoms. The molecular formula is C13H15ClN2O5. The fourth-order valence-electron chi connectivity index (χ4n) is 1.56. The van der Waals surface area contributed by atoms with Gasteiger partial charge in [0.2, 0.25) is 0 Å². The Bertz CT molecular complexity index is 549. The van der Waals surface area contributed by atoms with Crippen LogP contribution in [-0.2, 0) is 14.3 Å². The van der Waals surface area contributed by atoms with Crippen molar-refractivity contribution in [3.8, 4) is 0 Å². The maximum absolute atomic E-state index is 12.1. The largest absolute Gasteiger partial charge is 0.480 e. The molecule has 0 aliphatic rings. The van der Waals surface area contributed by atoms with Crippen molar-refractivity contribution in [3.63, 3.8) is 0 Å². The van der Waals surface area contributed by atoms with E-state index in [1.54, 1.807) is 12.1 Å². The van der Waals surface area contributed by atoms with E-state index >= 15 is 0 Å². The van der Waals surface area contributed by atoms with Crippen molar-refractivity contribution >= 4 is 35.3 Å². The minimum Gasteiger partial charge on any atom is -0.480 e. The van der Waals surface area contributed by atoms with Crippen LogP contribution in [0.1, 0.15) is 6.92 Å². The summed E-state index contributed by atoms with van der Waals surface area (Å²) in [6.07, 6.45) is 0. The molecule has 0 heterocycles. The summed E-state index contributed by atoms with van der Waals surface area (Å²) in [6.45, 7) is 0.862. The van der Waals surface area contributed by atoms with Crippen molar-refractivity contribution in [2.75, 3.05) is 18.6 Å². The molecule has 0 spiro atoms. The van der Waals surface area contributed by atoms with E-state index in [9.17, 15) is 14.4 Å². The Morgan fingerprint density at radius 1 is 1.43 bits per heavy atom. The van der Waals surface area contributed by atoms with Gasteiger partial charge in [0.15, 0.2) is 0 Å². The second-order valence-electron chi connectivity index (χ2n) is 4.15. The van der Waals surface area contributed by atoms with Crippen molar-refractivity contribution in [2.24, 2.45) is 0 Å². The Balaban J connectivity index is 2.94. The van der Waals surface area contributed by atoms with E-state index in [2.05, 4.69) is 10.1 Å². The van der Waals surface area contributed by atoms with Gasteiger partial charge in [0.05, 0.1) is 7.11 Å². The average molecular weight is 315 g/mol. The molecule has 1 rings (SSSR count). The molecule has 2 amide bonds. The van der Waals surface area contributed by atoms with Crippen LogP contribution in [0.3, 0.4) is 0 Å². The first-order valence-electron chi connectivity index (χ1n) is 5.98. The lowest BCUT2D eigenvalue weighted by Gasteiger charge is -2.23. The molecule has 114 valence electrons. The fourth-order valence-corrected chi connectivity index (χ4v) is 1.74. The number of benzene rings is 1. The van der Waals surface area contributed by atoms with Gasteiger partial charge in [-0.05, 0) is 25.1 Å². The Morgan fingerprint density at radius 3 is 2.62 bits per heavy atom. The smallest absolute Gasteiger partial charge is 0.328 e. The summed E-state index contributed by atoms with van der Waals surface area (Å²) in [5.41, 5.74) is 0.305. The van der Waals surface area contributed by atoms with Gasteiger partial charge < -0.3 is 15.2 Å². The maximum Gasteiger partial charge on any atom is 0.328 e. The Morgan fingerprint density at radius 2 is 2.10 bits per heavy atom. The van der Waals surface area contributed by atoms with E-state index in [4.69, 9.17) is 16.7 Å². The number of nitrogens with one attached hydrogen (secondary N) is 1. The van der Waals surface area contributed by atoms with Crippen LogP contribution in [0.5, 0.6) is 0 Å². The van der Waals surface area contributed by atoms with Crippen molar-refractivity contribution < 1.29 is 24.2 Å². The highest BCUT2D eigenvalue weighted by Crippen LogP contribution is 2.19.